The maximum absolute atomic E-state index is 11.0. The quantitative estimate of drug-likeness (QED) is 0.738. The zero-order valence-corrected chi connectivity index (χ0v) is 10.7. The van der Waals surface area contributed by atoms with Crippen LogP contribution in [0.5, 0.6) is 0 Å². The molecule has 1 N–H and O–H groups in total. The molecule has 0 saturated carbocycles. The van der Waals surface area contributed by atoms with Crippen LogP contribution in [-0.4, -0.2) is 33.5 Å². The summed E-state index contributed by atoms with van der Waals surface area (Å²) in [5.41, 5.74) is 0.152. The van der Waals surface area contributed by atoms with Gasteiger partial charge in [0.05, 0.1) is 5.75 Å². The number of sulfone groups is 1. The first-order valence-corrected chi connectivity index (χ1v) is 7.14. The Bertz CT molecular complexity index is 257. The molecule has 0 spiro atoms. The van der Waals surface area contributed by atoms with Crippen molar-refractivity contribution >= 4 is 9.84 Å². The average molecular weight is 221 g/mol. The lowest BCUT2D eigenvalue weighted by atomic mass is 9.81. The molecule has 86 valence electrons. The van der Waals surface area contributed by atoms with E-state index in [9.17, 15) is 8.42 Å². The van der Waals surface area contributed by atoms with E-state index >= 15 is 0 Å². The van der Waals surface area contributed by atoms with Crippen molar-refractivity contribution in [2.45, 2.75) is 39.7 Å². The summed E-state index contributed by atoms with van der Waals surface area (Å²) < 4.78 is 22.1. The normalized spacial score (nSPS) is 15.5. The third-order valence-electron chi connectivity index (χ3n) is 2.98. The van der Waals surface area contributed by atoms with Crippen molar-refractivity contribution in [2.75, 3.05) is 19.1 Å². The summed E-state index contributed by atoms with van der Waals surface area (Å²) in [5, 5.41) is 3.20. The predicted molar refractivity (Wildman–Crippen MR) is 61.2 cm³/mol. The largest absolute Gasteiger partial charge is 0.316 e. The van der Waals surface area contributed by atoms with Gasteiger partial charge >= 0.3 is 0 Å². The van der Waals surface area contributed by atoms with Gasteiger partial charge in [0.2, 0.25) is 0 Å². The van der Waals surface area contributed by atoms with E-state index in [1.54, 1.807) is 0 Å². The molecule has 0 aromatic carbocycles. The fourth-order valence-electron chi connectivity index (χ4n) is 1.50. The fraction of sp³-hybridized carbons (Fsp3) is 1.00. The van der Waals surface area contributed by atoms with Crippen LogP contribution in [0.4, 0.5) is 0 Å². The molecule has 0 bridgehead atoms. The predicted octanol–water partition coefficient (Wildman–Crippen LogP) is 1.45. The lowest BCUT2D eigenvalue weighted by Gasteiger charge is -2.33. The Labute approximate surface area is 88.2 Å². The standard InChI is InChI=1S/C10H23NO2S/c1-6-10(2,3)9(11-4)7-8-14(5,12)13/h9,11H,6-8H2,1-5H3. The maximum Gasteiger partial charge on any atom is 0.147 e. The summed E-state index contributed by atoms with van der Waals surface area (Å²) in [7, 11) is -0.945. The Hall–Kier alpha value is -0.0900. The molecule has 1 unspecified atom stereocenters. The number of rotatable bonds is 6. The van der Waals surface area contributed by atoms with Crippen molar-refractivity contribution in [1.82, 2.24) is 5.32 Å². The smallest absolute Gasteiger partial charge is 0.147 e. The van der Waals surface area contributed by atoms with E-state index in [4.69, 9.17) is 0 Å². The molecule has 0 aromatic rings. The van der Waals surface area contributed by atoms with Crippen LogP contribution >= 0.6 is 0 Å². The zero-order chi connectivity index (χ0) is 11.4. The first kappa shape index (κ1) is 13.9. The van der Waals surface area contributed by atoms with Crippen LogP contribution in [0.15, 0.2) is 0 Å². The molecule has 0 aliphatic carbocycles. The summed E-state index contributed by atoms with van der Waals surface area (Å²) in [6.07, 6.45) is 3.02. The molecule has 4 heteroatoms. The van der Waals surface area contributed by atoms with E-state index in [0.717, 1.165) is 6.42 Å². The van der Waals surface area contributed by atoms with Crippen LogP contribution in [-0.2, 0) is 9.84 Å². The Balaban J connectivity index is 4.31. The molecular weight excluding hydrogens is 198 g/mol. The number of nitrogens with one attached hydrogen (secondary N) is 1. The van der Waals surface area contributed by atoms with Gasteiger partial charge in [-0.25, -0.2) is 8.42 Å². The highest BCUT2D eigenvalue weighted by Crippen LogP contribution is 2.26. The summed E-state index contributed by atoms with van der Waals surface area (Å²) in [6.45, 7) is 6.46. The van der Waals surface area contributed by atoms with Gasteiger partial charge in [-0.3, -0.25) is 0 Å². The van der Waals surface area contributed by atoms with E-state index in [1.165, 1.54) is 6.26 Å². The van der Waals surface area contributed by atoms with Crippen molar-refractivity contribution < 1.29 is 8.42 Å². The second-order valence-corrected chi connectivity index (χ2v) is 6.86. The van der Waals surface area contributed by atoms with Gasteiger partial charge in [-0.1, -0.05) is 20.8 Å². The van der Waals surface area contributed by atoms with Crippen LogP contribution in [0.25, 0.3) is 0 Å². The lowest BCUT2D eigenvalue weighted by molar-refractivity contribution is 0.237. The van der Waals surface area contributed by atoms with Gasteiger partial charge in [-0.05, 0) is 25.3 Å². The molecule has 1 atom stereocenters. The highest BCUT2D eigenvalue weighted by molar-refractivity contribution is 7.90. The summed E-state index contributed by atoms with van der Waals surface area (Å²) >= 11 is 0. The van der Waals surface area contributed by atoms with Crippen LogP contribution in [0.1, 0.15) is 33.6 Å². The Morgan fingerprint density at radius 2 is 1.86 bits per heavy atom. The number of hydrogen-bond acceptors (Lipinski definition) is 3. The first-order valence-electron chi connectivity index (χ1n) is 5.08. The second kappa shape index (κ2) is 5.12. The van der Waals surface area contributed by atoms with Crippen molar-refractivity contribution in [2.24, 2.45) is 5.41 Å². The minimum atomic E-state index is -2.84. The third kappa shape index (κ3) is 4.96. The minimum absolute atomic E-state index is 0.152. The van der Waals surface area contributed by atoms with Crippen molar-refractivity contribution in [3.63, 3.8) is 0 Å². The first-order chi connectivity index (χ1) is 6.23. The SMILES string of the molecule is CCC(C)(C)C(CCS(C)(=O)=O)NC. The van der Waals surface area contributed by atoms with E-state index in [-0.39, 0.29) is 17.2 Å². The lowest BCUT2D eigenvalue weighted by Crippen LogP contribution is -2.40. The number of hydrogen-bond donors (Lipinski definition) is 1. The van der Waals surface area contributed by atoms with Crippen molar-refractivity contribution in [3.8, 4) is 0 Å². The molecule has 0 saturated heterocycles. The zero-order valence-electron chi connectivity index (χ0n) is 9.92. The second-order valence-electron chi connectivity index (χ2n) is 4.60. The Kier molecular flexibility index (Phi) is 5.09. The van der Waals surface area contributed by atoms with Crippen LogP contribution in [0.3, 0.4) is 0 Å². The Morgan fingerprint density at radius 3 is 2.14 bits per heavy atom. The molecular formula is C10H23NO2S. The van der Waals surface area contributed by atoms with Gasteiger partial charge in [0.15, 0.2) is 0 Å². The molecule has 0 aromatic heterocycles. The summed E-state index contributed by atoms with van der Waals surface area (Å²) in [5.74, 6) is 0.266. The molecule has 0 aliphatic rings. The van der Waals surface area contributed by atoms with E-state index in [2.05, 4.69) is 26.1 Å². The van der Waals surface area contributed by atoms with Crippen LogP contribution in [0, 0.1) is 5.41 Å². The third-order valence-corrected chi connectivity index (χ3v) is 3.96. The average Bonchev–Trinajstić information content (AvgIpc) is 2.03. The molecule has 0 rings (SSSR count). The van der Waals surface area contributed by atoms with E-state index in [1.807, 2.05) is 7.05 Å². The Morgan fingerprint density at radius 1 is 1.36 bits per heavy atom. The topological polar surface area (TPSA) is 46.2 Å². The molecule has 0 aliphatic heterocycles. The molecule has 3 nitrogen and oxygen atoms in total. The van der Waals surface area contributed by atoms with Gasteiger partial charge < -0.3 is 5.32 Å². The molecule has 0 heterocycles. The highest BCUT2D eigenvalue weighted by atomic mass is 32.2. The molecule has 0 amide bonds. The molecule has 14 heavy (non-hydrogen) atoms. The van der Waals surface area contributed by atoms with Crippen LogP contribution < -0.4 is 5.32 Å². The fourth-order valence-corrected chi connectivity index (χ4v) is 2.17. The van der Waals surface area contributed by atoms with Gasteiger partial charge in [0, 0.05) is 12.3 Å². The van der Waals surface area contributed by atoms with Gasteiger partial charge in [0.1, 0.15) is 9.84 Å². The van der Waals surface area contributed by atoms with Crippen molar-refractivity contribution in [3.05, 3.63) is 0 Å². The van der Waals surface area contributed by atoms with Crippen molar-refractivity contribution in [1.29, 1.82) is 0 Å². The monoisotopic (exact) mass is 221 g/mol. The van der Waals surface area contributed by atoms with E-state index in [0.29, 0.717) is 6.42 Å². The molecule has 0 fully saturated rings. The van der Waals surface area contributed by atoms with Gasteiger partial charge in [-0.15, -0.1) is 0 Å². The summed E-state index contributed by atoms with van der Waals surface area (Å²) in [4.78, 5) is 0. The maximum atomic E-state index is 11.0. The molecule has 0 radical (unpaired) electrons. The van der Waals surface area contributed by atoms with Gasteiger partial charge in [-0.2, -0.15) is 0 Å². The van der Waals surface area contributed by atoms with E-state index < -0.39 is 9.84 Å². The minimum Gasteiger partial charge on any atom is -0.316 e. The van der Waals surface area contributed by atoms with Gasteiger partial charge in [0.25, 0.3) is 0 Å². The highest BCUT2D eigenvalue weighted by Gasteiger charge is 2.26. The van der Waals surface area contributed by atoms with Crippen LogP contribution in [0.2, 0.25) is 0 Å². The summed E-state index contributed by atoms with van der Waals surface area (Å²) in [6, 6.07) is 0.266.